The normalized spacial score (nSPS) is 11.4. The van der Waals surface area contributed by atoms with Gasteiger partial charge in [0.15, 0.2) is 0 Å². The molecule has 1 heterocycles. The third-order valence-electron chi connectivity index (χ3n) is 1.91. The number of aromatic nitrogens is 1. The largest absolute Gasteiger partial charge is 0.401 e. The molecule has 4 nitrogen and oxygen atoms in total. The van der Waals surface area contributed by atoms with Crippen LogP contribution in [0.3, 0.4) is 0 Å². The predicted octanol–water partition coefficient (Wildman–Crippen LogP) is 2.24. The van der Waals surface area contributed by atoms with Crippen LogP contribution in [-0.2, 0) is 4.79 Å². The van der Waals surface area contributed by atoms with Gasteiger partial charge in [0.25, 0.3) is 0 Å². The quantitative estimate of drug-likeness (QED) is 0.835. The Morgan fingerprint density at radius 1 is 1.50 bits per heavy atom. The lowest BCUT2D eigenvalue weighted by Crippen LogP contribution is -2.35. The van der Waals surface area contributed by atoms with Gasteiger partial charge in [-0.3, -0.25) is 4.79 Å². The Hall–Kier alpha value is -1.15. The fourth-order valence-corrected chi connectivity index (χ4v) is 1.37. The van der Waals surface area contributed by atoms with E-state index in [4.69, 9.17) is 0 Å². The molecule has 0 atom stereocenters. The van der Waals surface area contributed by atoms with Gasteiger partial charge in [-0.25, -0.2) is 4.98 Å². The third kappa shape index (κ3) is 5.46. The summed E-state index contributed by atoms with van der Waals surface area (Å²) in [6, 6.07) is 1.67. The second-order valence-electron chi connectivity index (χ2n) is 3.60. The van der Waals surface area contributed by atoms with Gasteiger partial charge in [-0.15, -0.1) is 0 Å². The Morgan fingerprint density at radius 3 is 2.72 bits per heavy atom. The van der Waals surface area contributed by atoms with Gasteiger partial charge >= 0.3 is 6.18 Å². The first-order valence-electron chi connectivity index (χ1n) is 4.97. The molecule has 0 spiro atoms. The number of pyridine rings is 1. The predicted molar refractivity (Wildman–Crippen MR) is 64.2 cm³/mol. The Bertz CT molecular complexity index is 437. The molecular weight excluding hydrogens is 315 g/mol. The van der Waals surface area contributed by atoms with Crippen LogP contribution in [0, 0.1) is 6.92 Å². The lowest BCUT2D eigenvalue weighted by molar-refractivity contribution is -0.126. The highest BCUT2D eigenvalue weighted by Crippen LogP contribution is 2.16. The summed E-state index contributed by atoms with van der Waals surface area (Å²) in [5.41, 5.74) is 1.26. The van der Waals surface area contributed by atoms with Crippen LogP contribution in [0.2, 0.25) is 0 Å². The number of nitrogens with zero attached hydrogens (tertiary/aromatic N) is 1. The SMILES string of the molecule is Cc1cc(NC(=O)CNCC(F)(F)F)cnc1Br. The van der Waals surface area contributed by atoms with Crippen LogP contribution >= 0.6 is 15.9 Å². The van der Waals surface area contributed by atoms with Gasteiger partial charge < -0.3 is 10.6 Å². The number of rotatable bonds is 4. The highest BCUT2D eigenvalue weighted by molar-refractivity contribution is 9.10. The molecule has 18 heavy (non-hydrogen) atoms. The number of hydrogen-bond acceptors (Lipinski definition) is 3. The zero-order chi connectivity index (χ0) is 13.8. The summed E-state index contributed by atoms with van der Waals surface area (Å²) in [7, 11) is 0. The third-order valence-corrected chi connectivity index (χ3v) is 2.74. The summed E-state index contributed by atoms with van der Waals surface area (Å²) in [5, 5.41) is 4.45. The van der Waals surface area contributed by atoms with Gasteiger partial charge in [0, 0.05) is 0 Å². The first-order valence-corrected chi connectivity index (χ1v) is 5.77. The highest BCUT2D eigenvalue weighted by Gasteiger charge is 2.26. The van der Waals surface area contributed by atoms with E-state index in [9.17, 15) is 18.0 Å². The summed E-state index contributed by atoms with van der Waals surface area (Å²) in [5.74, 6) is -0.553. The Labute approximate surface area is 110 Å². The minimum atomic E-state index is -4.32. The minimum Gasteiger partial charge on any atom is -0.324 e. The second-order valence-corrected chi connectivity index (χ2v) is 4.35. The van der Waals surface area contributed by atoms with Crippen LogP contribution in [-0.4, -0.2) is 30.2 Å². The number of alkyl halides is 3. The van der Waals surface area contributed by atoms with Crippen LogP contribution in [0.1, 0.15) is 5.56 Å². The Morgan fingerprint density at radius 2 is 2.17 bits per heavy atom. The summed E-state index contributed by atoms with van der Waals surface area (Å²) in [6.07, 6.45) is -2.91. The van der Waals surface area contributed by atoms with Crippen molar-refractivity contribution < 1.29 is 18.0 Å². The molecule has 0 unspecified atom stereocenters. The maximum atomic E-state index is 11.8. The summed E-state index contributed by atoms with van der Waals surface area (Å²) in [6.45, 7) is 0.182. The zero-order valence-corrected chi connectivity index (χ0v) is 11.0. The molecule has 100 valence electrons. The van der Waals surface area contributed by atoms with Crippen molar-refractivity contribution >= 4 is 27.5 Å². The van der Waals surface area contributed by atoms with E-state index < -0.39 is 25.2 Å². The summed E-state index contributed by atoms with van der Waals surface area (Å²) < 4.78 is 36.1. The summed E-state index contributed by atoms with van der Waals surface area (Å²) in [4.78, 5) is 15.3. The maximum Gasteiger partial charge on any atom is 0.401 e. The number of aryl methyl sites for hydroxylation is 1. The average molecular weight is 326 g/mol. The molecule has 0 bridgehead atoms. The van der Waals surface area contributed by atoms with Crippen molar-refractivity contribution in [2.45, 2.75) is 13.1 Å². The Balaban J connectivity index is 2.42. The van der Waals surface area contributed by atoms with Crippen LogP contribution in [0.5, 0.6) is 0 Å². The number of anilines is 1. The van der Waals surface area contributed by atoms with Crippen molar-refractivity contribution in [3.63, 3.8) is 0 Å². The average Bonchev–Trinajstić information content (AvgIpc) is 2.21. The van der Waals surface area contributed by atoms with E-state index in [0.717, 1.165) is 5.56 Å². The fraction of sp³-hybridized carbons (Fsp3) is 0.400. The molecule has 0 aliphatic carbocycles. The molecule has 8 heteroatoms. The van der Waals surface area contributed by atoms with E-state index >= 15 is 0 Å². The molecule has 1 aromatic heterocycles. The molecule has 1 rings (SSSR count). The van der Waals surface area contributed by atoms with Gasteiger partial charge in [-0.1, -0.05) is 0 Å². The maximum absolute atomic E-state index is 11.8. The molecule has 0 aromatic carbocycles. The minimum absolute atomic E-state index is 0.408. The van der Waals surface area contributed by atoms with Crippen LogP contribution in [0.25, 0.3) is 0 Å². The van der Waals surface area contributed by atoms with E-state index in [0.29, 0.717) is 10.3 Å². The zero-order valence-electron chi connectivity index (χ0n) is 9.44. The Kier molecular flexibility index (Phi) is 5.09. The van der Waals surface area contributed by atoms with E-state index in [1.807, 2.05) is 5.32 Å². The van der Waals surface area contributed by atoms with E-state index in [1.165, 1.54) is 6.20 Å². The first kappa shape index (κ1) is 14.9. The molecular formula is C10H11BrF3N3O. The lowest BCUT2D eigenvalue weighted by Gasteiger charge is -2.09. The van der Waals surface area contributed by atoms with Crippen LogP contribution < -0.4 is 10.6 Å². The van der Waals surface area contributed by atoms with Crippen molar-refractivity contribution in [1.82, 2.24) is 10.3 Å². The van der Waals surface area contributed by atoms with Crippen LogP contribution in [0.4, 0.5) is 18.9 Å². The summed E-state index contributed by atoms with van der Waals surface area (Å²) >= 11 is 3.20. The monoisotopic (exact) mass is 325 g/mol. The lowest BCUT2D eigenvalue weighted by atomic mass is 10.3. The van der Waals surface area contributed by atoms with Gasteiger partial charge in [-0.05, 0) is 34.5 Å². The fourth-order valence-electron chi connectivity index (χ4n) is 1.15. The van der Waals surface area contributed by atoms with Gasteiger partial charge in [-0.2, -0.15) is 13.2 Å². The van der Waals surface area contributed by atoms with Crippen molar-refractivity contribution in [3.05, 3.63) is 22.4 Å². The number of carbonyl (C=O) groups excluding carboxylic acids is 1. The molecule has 0 aliphatic heterocycles. The van der Waals surface area contributed by atoms with E-state index in [2.05, 4.69) is 26.2 Å². The standard InChI is InChI=1S/C10H11BrF3N3O/c1-6-2-7(3-16-9(6)11)17-8(18)4-15-5-10(12,13)14/h2-3,15H,4-5H2,1H3,(H,17,18). The van der Waals surface area contributed by atoms with E-state index in [1.54, 1.807) is 13.0 Å². The highest BCUT2D eigenvalue weighted by atomic mass is 79.9. The molecule has 0 saturated heterocycles. The van der Waals surface area contributed by atoms with Gasteiger partial charge in [0.05, 0.1) is 25.0 Å². The number of amides is 1. The smallest absolute Gasteiger partial charge is 0.324 e. The van der Waals surface area contributed by atoms with Gasteiger partial charge in [0.1, 0.15) is 4.60 Å². The number of nitrogens with one attached hydrogen (secondary N) is 2. The van der Waals surface area contributed by atoms with Crippen molar-refractivity contribution in [2.75, 3.05) is 18.4 Å². The molecule has 1 amide bonds. The van der Waals surface area contributed by atoms with Crippen molar-refractivity contribution in [1.29, 1.82) is 0 Å². The molecule has 0 fully saturated rings. The van der Waals surface area contributed by atoms with Crippen LogP contribution in [0.15, 0.2) is 16.9 Å². The van der Waals surface area contributed by atoms with Crippen molar-refractivity contribution in [2.24, 2.45) is 0 Å². The molecule has 1 aromatic rings. The second kappa shape index (κ2) is 6.14. The topological polar surface area (TPSA) is 54.0 Å². The van der Waals surface area contributed by atoms with Gasteiger partial charge in [0.2, 0.25) is 5.91 Å². The number of carbonyl (C=O) groups is 1. The van der Waals surface area contributed by atoms with E-state index in [-0.39, 0.29) is 0 Å². The molecule has 0 saturated carbocycles. The first-order chi connectivity index (χ1) is 8.28. The number of hydrogen-bond donors (Lipinski definition) is 2. The molecule has 0 radical (unpaired) electrons. The molecule has 0 aliphatic rings. The molecule has 2 N–H and O–H groups in total. The van der Waals surface area contributed by atoms with Crippen molar-refractivity contribution in [3.8, 4) is 0 Å². The number of halogens is 4.